The Bertz CT molecular complexity index is 1150. The van der Waals surface area contributed by atoms with Gasteiger partial charge in [-0.3, -0.25) is 0 Å². The summed E-state index contributed by atoms with van der Waals surface area (Å²) in [6.45, 7) is 2.41. The van der Waals surface area contributed by atoms with Gasteiger partial charge in [0.1, 0.15) is 11.9 Å². The number of hydrogen-bond donors (Lipinski definition) is 2. The van der Waals surface area contributed by atoms with Crippen LogP contribution in [0.2, 0.25) is 5.02 Å². The number of carbonyl (C=O) groups is 1. The minimum atomic E-state index is -4.38. The molecule has 1 atom stereocenters. The zero-order valence-corrected chi connectivity index (χ0v) is 20.9. The summed E-state index contributed by atoms with van der Waals surface area (Å²) in [4.78, 5) is 14.7. The number of anilines is 1. The van der Waals surface area contributed by atoms with E-state index >= 15 is 0 Å². The van der Waals surface area contributed by atoms with Gasteiger partial charge in [0.25, 0.3) is 0 Å². The van der Waals surface area contributed by atoms with Crippen molar-refractivity contribution in [1.29, 1.82) is 0 Å². The molecule has 1 aliphatic heterocycles. The number of likely N-dealkylation sites (tertiary alicyclic amines) is 1. The van der Waals surface area contributed by atoms with Gasteiger partial charge >= 0.3 is 12.2 Å². The largest absolute Gasteiger partial charge is 0.486 e. The molecule has 37 heavy (non-hydrogen) atoms. The van der Waals surface area contributed by atoms with E-state index in [1.807, 2.05) is 30.3 Å². The van der Waals surface area contributed by atoms with Crippen molar-refractivity contribution in [3.05, 3.63) is 95.0 Å². The van der Waals surface area contributed by atoms with Crippen LogP contribution in [0.25, 0.3) is 0 Å². The summed E-state index contributed by atoms with van der Waals surface area (Å²) in [6, 6.07) is 21.3. The first kappa shape index (κ1) is 26.8. The molecule has 3 aromatic carbocycles. The number of ether oxygens (including phenoxy) is 1. The molecule has 0 saturated carbocycles. The molecule has 0 bridgehead atoms. The highest BCUT2D eigenvalue weighted by Crippen LogP contribution is 2.32. The van der Waals surface area contributed by atoms with Gasteiger partial charge in [0.05, 0.1) is 5.56 Å². The molecular formula is C28H29ClF3N3O2. The van der Waals surface area contributed by atoms with Crippen molar-refractivity contribution < 1.29 is 22.7 Å². The molecule has 0 aliphatic carbocycles. The Kier molecular flexibility index (Phi) is 8.95. The lowest BCUT2D eigenvalue weighted by Gasteiger charge is -2.33. The van der Waals surface area contributed by atoms with Crippen LogP contribution >= 0.6 is 11.6 Å². The van der Waals surface area contributed by atoms with E-state index in [0.29, 0.717) is 22.9 Å². The van der Waals surface area contributed by atoms with Crippen LogP contribution in [-0.2, 0) is 6.18 Å². The summed E-state index contributed by atoms with van der Waals surface area (Å²) < 4.78 is 44.8. The second-order valence-corrected chi connectivity index (χ2v) is 9.49. The van der Waals surface area contributed by atoms with E-state index in [1.54, 1.807) is 24.3 Å². The molecular weight excluding hydrogens is 503 g/mol. The third-order valence-corrected chi connectivity index (χ3v) is 6.58. The standard InChI is InChI=1S/C28H29ClF3N3O2/c29-22-7-4-8-24(19-22)34-27(36)33-23-13-16-35(17-14-23)18-15-26(20-5-2-1-3-6-20)37-25-11-9-21(10-12-25)28(30,31)32/h1-12,19,23,26H,13-18H2,(H2,33,34,36). The Hall–Kier alpha value is -3.23. The molecule has 2 N–H and O–H groups in total. The first-order chi connectivity index (χ1) is 17.8. The van der Waals surface area contributed by atoms with Crippen LogP contribution in [0.15, 0.2) is 78.9 Å². The number of nitrogens with one attached hydrogen (secondary N) is 2. The summed E-state index contributed by atoms with van der Waals surface area (Å²) in [5.41, 5.74) is 0.910. The van der Waals surface area contributed by atoms with E-state index in [0.717, 1.165) is 50.2 Å². The van der Waals surface area contributed by atoms with Gasteiger partial charge in [0, 0.05) is 42.8 Å². The Labute approximate surface area is 219 Å². The van der Waals surface area contributed by atoms with E-state index in [9.17, 15) is 18.0 Å². The lowest BCUT2D eigenvalue weighted by Crippen LogP contribution is -2.46. The molecule has 196 valence electrons. The minimum absolute atomic E-state index is 0.0729. The molecule has 5 nitrogen and oxygen atoms in total. The maximum absolute atomic E-state index is 12.9. The first-order valence-electron chi connectivity index (χ1n) is 12.2. The number of benzene rings is 3. The van der Waals surface area contributed by atoms with Gasteiger partial charge in [-0.1, -0.05) is 48.0 Å². The molecule has 1 heterocycles. The van der Waals surface area contributed by atoms with E-state index in [4.69, 9.17) is 16.3 Å². The fourth-order valence-corrected chi connectivity index (χ4v) is 4.56. The Morgan fingerprint density at radius 2 is 1.70 bits per heavy atom. The summed E-state index contributed by atoms with van der Waals surface area (Å²) in [6.07, 6.45) is -2.36. The van der Waals surface area contributed by atoms with Gasteiger partial charge in [-0.05, 0) is 60.9 Å². The van der Waals surface area contributed by atoms with Gasteiger partial charge in [0.15, 0.2) is 0 Å². The molecule has 9 heteroatoms. The van der Waals surface area contributed by atoms with Crippen molar-refractivity contribution in [3.8, 4) is 5.75 Å². The molecule has 3 aromatic rings. The number of nitrogens with zero attached hydrogens (tertiary/aromatic N) is 1. The third kappa shape index (κ3) is 8.13. The van der Waals surface area contributed by atoms with Crippen LogP contribution in [0, 0.1) is 0 Å². The number of urea groups is 1. The Balaban J connectivity index is 1.28. The lowest BCUT2D eigenvalue weighted by atomic mass is 10.0. The quantitative estimate of drug-likeness (QED) is 0.324. The number of rotatable bonds is 8. The minimum Gasteiger partial charge on any atom is -0.486 e. The normalized spacial score (nSPS) is 15.7. The molecule has 0 aromatic heterocycles. The average Bonchev–Trinajstić information content (AvgIpc) is 2.87. The molecule has 1 saturated heterocycles. The highest BCUT2D eigenvalue weighted by Gasteiger charge is 2.30. The summed E-state index contributed by atoms with van der Waals surface area (Å²) in [7, 11) is 0. The third-order valence-electron chi connectivity index (χ3n) is 6.34. The molecule has 1 aliphatic rings. The Morgan fingerprint density at radius 1 is 1.00 bits per heavy atom. The molecule has 0 radical (unpaired) electrons. The van der Waals surface area contributed by atoms with Crippen LogP contribution in [0.1, 0.15) is 36.5 Å². The Morgan fingerprint density at radius 3 is 2.35 bits per heavy atom. The van der Waals surface area contributed by atoms with Gasteiger partial charge in [-0.15, -0.1) is 0 Å². The molecule has 1 fully saturated rings. The summed E-state index contributed by atoms with van der Waals surface area (Å²) in [5.74, 6) is 0.399. The molecule has 4 rings (SSSR count). The van der Waals surface area contributed by atoms with Crippen molar-refractivity contribution in [2.24, 2.45) is 0 Å². The highest BCUT2D eigenvalue weighted by molar-refractivity contribution is 6.30. The van der Waals surface area contributed by atoms with Gasteiger partial charge < -0.3 is 20.3 Å². The highest BCUT2D eigenvalue weighted by atomic mass is 35.5. The topological polar surface area (TPSA) is 53.6 Å². The van der Waals surface area contributed by atoms with Crippen LogP contribution < -0.4 is 15.4 Å². The lowest BCUT2D eigenvalue weighted by molar-refractivity contribution is -0.137. The van der Waals surface area contributed by atoms with Gasteiger partial charge in [-0.25, -0.2) is 4.79 Å². The first-order valence-corrected chi connectivity index (χ1v) is 12.6. The van der Waals surface area contributed by atoms with E-state index < -0.39 is 11.7 Å². The number of carbonyl (C=O) groups excluding carboxylic acids is 1. The van der Waals surface area contributed by atoms with Crippen LogP contribution in [0.3, 0.4) is 0 Å². The smallest absolute Gasteiger partial charge is 0.416 e. The van der Waals surface area contributed by atoms with Crippen LogP contribution in [0.5, 0.6) is 5.75 Å². The van der Waals surface area contributed by atoms with Crippen molar-refractivity contribution in [2.75, 3.05) is 25.0 Å². The second kappa shape index (κ2) is 12.3. The number of halogens is 4. The van der Waals surface area contributed by atoms with Crippen molar-refractivity contribution in [3.63, 3.8) is 0 Å². The van der Waals surface area contributed by atoms with Crippen molar-refractivity contribution in [2.45, 2.75) is 37.6 Å². The number of piperidine rings is 1. The zero-order chi connectivity index (χ0) is 26.3. The summed E-state index contributed by atoms with van der Waals surface area (Å²) >= 11 is 5.97. The van der Waals surface area contributed by atoms with Crippen LogP contribution in [-0.4, -0.2) is 36.6 Å². The maximum atomic E-state index is 12.9. The number of hydrogen-bond acceptors (Lipinski definition) is 3. The molecule has 1 unspecified atom stereocenters. The SMILES string of the molecule is O=C(Nc1cccc(Cl)c1)NC1CCN(CCC(Oc2ccc(C(F)(F)F)cc2)c2ccccc2)CC1. The predicted octanol–water partition coefficient (Wildman–Crippen LogP) is 7.16. The van der Waals surface area contributed by atoms with E-state index in [-0.39, 0.29) is 18.2 Å². The second-order valence-electron chi connectivity index (χ2n) is 9.05. The zero-order valence-electron chi connectivity index (χ0n) is 20.2. The van der Waals surface area contributed by atoms with E-state index in [2.05, 4.69) is 15.5 Å². The average molecular weight is 532 g/mol. The van der Waals surface area contributed by atoms with Crippen molar-refractivity contribution >= 4 is 23.3 Å². The number of amides is 2. The van der Waals surface area contributed by atoms with E-state index in [1.165, 1.54) is 12.1 Å². The van der Waals surface area contributed by atoms with Crippen molar-refractivity contribution in [1.82, 2.24) is 10.2 Å². The van der Waals surface area contributed by atoms with Gasteiger partial charge in [-0.2, -0.15) is 13.2 Å². The maximum Gasteiger partial charge on any atom is 0.416 e. The molecule has 0 spiro atoms. The fourth-order valence-electron chi connectivity index (χ4n) is 4.37. The molecule has 2 amide bonds. The number of alkyl halides is 3. The fraction of sp³-hybridized carbons (Fsp3) is 0.321. The monoisotopic (exact) mass is 531 g/mol. The predicted molar refractivity (Wildman–Crippen MR) is 139 cm³/mol. The van der Waals surface area contributed by atoms with Crippen LogP contribution in [0.4, 0.5) is 23.7 Å². The summed E-state index contributed by atoms with van der Waals surface area (Å²) in [5, 5.41) is 6.39. The van der Waals surface area contributed by atoms with Gasteiger partial charge in [0.2, 0.25) is 0 Å².